The second-order valence-electron chi connectivity index (χ2n) is 7.22. The molecule has 1 aliphatic rings. The molecule has 8 heteroatoms. The number of hydrogen-bond donors (Lipinski definition) is 1. The van der Waals surface area contributed by atoms with Crippen molar-refractivity contribution in [3.8, 4) is 11.4 Å². The molecule has 0 saturated carbocycles. The maximum Gasteiger partial charge on any atom is 0.359 e. The van der Waals surface area contributed by atoms with Crippen LogP contribution >= 0.6 is 0 Å². The fraction of sp³-hybridized carbons (Fsp3) is 0.261. The molecule has 2 aromatic carbocycles. The average molecular weight is 423 g/mol. The lowest BCUT2D eigenvalue weighted by atomic mass is 9.95. The zero-order valence-corrected chi connectivity index (χ0v) is 17.1. The van der Waals surface area contributed by atoms with Gasteiger partial charge >= 0.3 is 5.97 Å². The lowest BCUT2D eigenvalue weighted by molar-refractivity contribution is -0.119. The third-order valence-corrected chi connectivity index (χ3v) is 5.15. The summed E-state index contributed by atoms with van der Waals surface area (Å²) in [4.78, 5) is 24.9. The number of aromatic nitrogens is 2. The Labute approximate surface area is 178 Å². The van der Waals surface area contributed by atoms with Gasteiger partial charge in [0.05, 0.1) is 12.8 Å². The highest BCUT2D eigenvalue weighted by Crippen LogP contribution is 2.27. The van der Waals surface area contributed by atoms with Crippen LogP contribution in [0.1, 0.15) is 34.6 Å². The molecule has 160 valence electrons. The predicted molar refractivity (Wildman–Crippen MR) is 112 cm³/mol. The molecule has 0 atom stereocenters. The smallest absolute Gasteiger partial charge is 0.359 e. The molecule has 1 N–H and O–H groups in total. The van der Waals surface area contributed by atoms with Crippen molar-refractivity contribution < 1.29 is 23.5 Å². The topological polar surface area (TPSA) is 82.4 Å². The molecule has 3 aromatic rings. The number of hydrogen-bond acceptors (Lipinski definition) is 5. The summed E-state index contributed by atoms with van der Waals surface area (Å²) in [5.74, 6) is -0.771. The van der Waals surface area contributed by atoms with Gasteiger partial charge in [-0.1, -0.05) is 0 Å². The van der Waals surface area contributed by atoms with E-state index in [1.165, 1.54) is 12.1 Å². The van der Waals surface area contributed by atoms with Crippen LogP contribution in [0.4, 0.5) is 10.1 Å². The molecule has 0 saturated heterocycles. The Balaban J connectivity index is 1.46. The Morgan fingerprint density at radius 2 is 1.77 bits per heavy atom. The minimum Gasteiger partial charge on any atom is -0.497 e. The second kappa shape index (κ2) is 8.99. The third-order valence-electron chi connectivity index (χ3n) is 5.15. The monoisotopic (exact) mass is 423 g/mol. The highest BCUT2D eigenvalue weighted by molar-refractivity contribution is 5.95. The third kappa shape index (κ3) is 4.58. The molecule has 7 nitrogen and oxygen atoms in total. The van der Waals surface area contributed by atoms with Crippen molar-refractivity contribution in [3.05, 3.63) is 71.3 Å². The molecule has 1 amide bonds. The highest BCUT2D eigenvalue weighted by atomic mass is 19.1. The van der Waals surface area contributed by atoms with Gasteiger partial charge in [0.25, 0.3) is 5.91 Å². The summed E-state index contributed by atoms with van der Waals surface area (Å²) in [5.41, 5.74) is 3.20. The minimum absolute atomic E-state index is 0.205. The first-order chi connectivity index (χ1) is 15.0. The van der Waals surface area contributed by atoms with Crippen LogP contribution in [0, 0.1) is 5.82 Å². The van der Waals surface area contributed by atoms with Crippen molar-refractivity contribution in [2.75, 3.05) is 19.0 Å². The van der Waals surface area contributed by atoms with E-state index in [4.69, 9.17) is 9.47 Å². The number of carbonyl (C=O) groups excluding carboxylic acids is 2. The number of amides is 1. The van der Waals surface area contributed by atoms with E-state index in [9.17, 15) is 14.0 Å². The maximum absolute atomic E-state index is 13.3. The first-order valence-corrected chi connectivity index (χ1v) is 10.0. The first kappa shape index (κ1) is 20.6. The number of methoxy groups -OCH3 is 1. The van der Waals surface area contributed by atoms with Crippen LogP contribution in [0.25, 0.3) is 5.69 Å². The van der Waals surface area contributed by atoms with Crippen molar-refractivity contribution in [1.82, 2.24) is 9.78 Å². The summed E-state index contributed by atoms with van der Waals surface area (Å²) in [6, 6.07) is 12.8. The van der Waals surface area contributed by atoms with Crippen LogP contribution in [0.15, 0.2) is 48.5 Å². The fourth-order valence-corrected chi connectivity index (χ4v) is 3.63. The zero-order valence-electron chi connectivity index (χ0n) is 17.1. The van der Waals surface area contributed by atoms with Gasteiger partial charge in [0.2, 0.25) is 0 Å². The Morgan fingerprint density at radius 1 is 1.06 bits per heavy atom. The number of fused-ring (bicyclic) bond motifs is 1. The van der Waals surface area contributed by atoms with E-state index in [0.29, 0.717) is 23.5 Å². The molecule has 1 aromatic heterocycles. The van der Waals surface area contributed by atoms with Gasteiger partial charge in [0.15, 0.2) is 12.3 Å². The summed E-state index contributed by atoms with van der Waals surface area (Å²) < 4.78 is 25.3. The van der Waals surface area contributed by atoms with Gasteiger partial charge in [0, 0.05) is 16.9 Å². The number of carbonyl (C=O) groups is 2. The molecule has 1 heterocycles. The van der Waals surface area contributed by atoms with Crippen molar-refractivity contribution in [1.29, 1.82) is 0 Å². The summed E-state index contributed by atoms with van der Waals surface area (Å²) in [6.45, 7) is -0.428. The van der Waals surface area contributed by atoms with Crippen LogP contribution in [-0.2, 0) is 22.4 Å². The SMILES string of the molecule is COc1ccc(NC(=O)COC(=O)c2nn(-c3ccc(F)cc3)c3c2CCCC3)cc1. The van der Waals surface area contributed by atoms with Gasteiger partial charge in [-0.05, 0) is 74.2 Å². The number of halogens is 1. The lowest BCUT2D eigenvalue weighted by Gasteiger charge is -2.14. The molecule has 31 heavy (non-hydrogen) atoms. The molecule has 0 aliphatic heterocycles. The van der Waals surface area contributed by atoms with Crippen molar-refractivity contribution >= 4 is 17.6 Å². The number of rotatable bonds is 6. The standard InChI is InChI=1S/C23H22FN3O4/c1-30-18-12-8-16(9-13-18)25-21(28)14-31-23(29)22-19-4-2-3-5-20(19)27(26-22)17-10-6-15(24)7-11-17/h6-13H,2-5,14H2,1H3,(H,25,28). The predicted octanol–water partition coefficient (Wildman–Crippen LogP) is 3.69. The fourth-order valence-electron chi connectivity index (χ4n) is 3.63. The summed E-state index contributed by atoms with van der Waals surface area (Å²) in [5, 5.41) is 7.11. The highest BCUT2D eigenvalue weighted by Gasteiger charge is 2.27. The molecule has 0 bridgehead atoms. The number of anilines is 1. The molecule has 1 aliphatic carbocycles. The number of benzene rings is 2. The van der Waals surface area contributed by atoms with Gasteiger partial charge in [0.1, 0.15) is 11.6 Å². The van der Waals surface area contributed by atoms with E-state index in [1.807, 2.05) is 0 Å². The van der Waals surface area contributed by atoms with Crippen LogP contribution in [0.3, 0.4) is 0 Å². The van der Waals surface area contributed by atoms with E-state index in [1.54, 1.807) is 48.2 Å². The molecule has 0 fully saturated rings. The van der Waals surface area contributed by atoms with Crippen LogP contribution in [-0.4, -0.2) is 35.4 Å². The van der Waals surface area contributed by atoms with Crippen molar-refractivity contribution in [2.45, 2.75) is 25.7 Å². The Kier molecular flexibility index (Phi) is 5.97. The zero-order chi connectivity index (χ0) is 21.8. The molecule has 0 radical (unpaired) electrons. The average Bonchev–Trinajstić information content (AvgIpc) is 3.18. The van der Waals surface area contributed by atoms with E-state index >= 15 is 0 Å². The number of ether oxygens (including phenoxy) is 2. The first-order valence-electron chi connectivity index (χ1n) is 10.0. The number of esters is 1. The van der Waals surface area contributed by atoms with Gasteiger partial charge in [-0.25, -0.2) is 13.9 Å². The van der Waals surface area contributed by atoms with Crippen molar-refractivity contribution in [2.24, 2.45) is 0 Å². The summed E-state index contributed by atoms with van der Waals surface area (Å²) in [7, 11) is 1.56. The van der Waals surface area contributed by atoms with E-state index in [0.717, 1.165) is 30.5 Å². The Bertz CT molecular complexity index is 1090. The quantitative estimate of drug-likeness (QED) is 0.612. The maximum atomic E-state index is 13.3. The van der Waals surface area contributed by atoms with Gasteiger partial charge in [-0.3, -0.25) is 4.79 Å². The van der Waals surface area contributed by atoms with Crippen LogP contribution < -0.4 is 10.1 Å². The molecule has 0 unspecified atom stereocenters. The van der Waals surface area contributed by atoms with Crippen LogP contribution in [0.5, 0.6) is 5.75 Å². The lowest BCUT2D eigenvalue weighted by Crippen LogP contribution is -2.21. The minimum atomic E-state index is -0.649. The Hall–Kier alpha value is -3.68. The molecule has 4 rings (SSSR count). The molecular formula is C23H22FN3O4. The normalized spacial score (nSPS) is 12.7. The van der Waals surface area contributed by atoms with E-state index in [-0.39, 0.29) is 11.5 Å². The summed E-state index contributed by atoms with van der Waals surface area (Å²) in [6.07, 6.45) is 3.41. The second-order valence-corrected chi connectivity index (χ2v) is 7.22. The molecule has 0 spiro atoms. The van der Waals surface area contributed by atoms with Gasteiger partial charge in [-0.2, -0.15) is 5.10 Å². The van der Waals surface area contributed by atoms with E-state index < -0.39 is 18.5 Å². The van der Waals surface area contributed by atoms with E-state index in [2.05, 4.69) is 10.4 Å². The van der Waals surface area contributed by atoms with Gasteiger partial charge < -0.3 is 14.8 Å². The Morgan fingerprint density at radius 3 is 2.48 bits per heavy atom. The number of nitrogens with zero attached hydrogens (tertiary/aromatic N) is 2. The number of nitrogens with one attached hydrogen (secondary N) is 1. The van der Waals surface area contributed by atoms with Gasteiger partial charge in [-0.15, -0.1) is 0 Å². The molecular weight excluding hydrogens is 401 g/mol. The summed E-state index contributed by atoms with van der Waals surface area (Å²) >= 11 is 0. The van der Waals surface area contributed by atoms with Crippen molar-refractivity contribution in [3.63, 3.8) is 0 Å². The van der Waals surface area contributed by atoms with Crippen LogP contribution in [0.2, 0.25) is 0 Å². The largest absolute Gasteiger partial charge is 0.497 e.